The molecule has 11 heteroatoms. The van der Waals surface area contributed by atoms with Gasteiger partial charge in [0.2, 0.25) is 0 Å². The minimum Gasteiger partial charge on any atom is -0.459 e. The van der Waals surface area contributed by atoms with Crippen LogP contribution >= 0.6 is 23.4 Å². The van der Waals surface area contributed by atoms with Gasteiger partial charge in [0.05, 0.1) is 22.6 Å². The van der Waals surface area contributed by atoms with Crippen LogP contribution in [0.4, 0.5) is 15.8 Å². The van der Waals surface area contributed by atoms with Gasteiger partial charge in [-0.3, -0.25) is 0 Å². The molecule has 1 fully saturated rings. The van der Waals surface area contributed by atoms with Crippen molar-refractivity contribution in [2.24, 2.45) is 0 Å². The number of aromatic nitrogens is 4. The lowest BCUT2D eigenvalue weighted by Gasteiger charge is -2.28. The van der Waals surface area contributed by atoms with Gasteiger partial charge in [-0.15, -0.1) is 10.2 Å². The summed E-state index contributed by atoms with van der Waals surface area (Å²) in [6.45, 7) is 1.84. The van der Waals surface area contributed by atoms with Crippen molar-refractivity contribution in [1.29, 1.82) is 0 Å². The molecule has 1 aliphatic heterocycles. The third-order valence-electron chi connectivity index (χ3n) is 7.17. The fourth-order valence-electron chi connectivity index (χ4n) is 4.88. The summed E-state index contributed by atoms with van der Waals surface area (Å²) in [7, 11) is 2.07. The third-order valence-corrected chi connectivity index (χ3v) is 8.46. The second-order valence-electron chi connectivity index (χ2n) is 10.2. The number of rotatable bonds is 8. The zero-order valence-electron chi connectivity index (χ0n) is 22.8. The molecule has 3 aromatic heterocycles. The van der Waals surface area contributed by atoms with Gasteiger partial charge in [-0.2, -0.15) is 0 Å². The minimum atomic E-state index is -0.444. The average molecular weight is 603 g/mol. The minimum absolute atomic E-state index is 0.0573. The summed E-state index contributed by atoms with van der Waals surface area (Å²) in [5.74, 6) is -0.222. The number of hydrogen-bond acceptors (Lipinski definition) is 8. The van der Waals surface area contributed by atoms with Gasteiger partial charge >= 0.3 is 5.97 Å². The Morgan fingerprint density at radius 1 is 1.12 bits per heavy atom. The van der Waals surface area contributed by atoms with E-state index in [-0.39, 0.29) is 17.6 Å². The number of benzene rings is 2. The number of nitrogens with zero attached hydrogens (tertiary/aromatic N) is 4. The molecule has 6 rings (SSSR count). The van der Waals surface area contributed by atoms with E-state index in [9.17, 15) is 9.18 Å². The smallest absolute Gasteiger partial charge is 0.338 e. The number of likely N-dealkylation sites (tertiary alicyclic amines) is 1. The number of thioether (sulfide) groups is 1. The lowest BCUT2D eigenvalue weighted by Crippen LogP contribution is -2.35. The third kappa shape index (κ3) is 6.41. The quantitative estimate of drug-likeness (QED) is 0.143. The van der Waals surface area contributed by atoms with Crippen LogP contribution < -0.4 is 5.32 Å². The number of esters is 1. The average Bonchev–Trinajstić information content (AvgIpc) is 3.49. The van der Waals surface area contributed by atoms with Crippen molar-refractivity contribution in [2.45, 2.75) is 29.7 Å². The number of carbonyl (C=O) groups is 1. The molecule has 42 heavy (non-hydrogen) atoms. The second-order valence-corrected chi connectivity index (χ2v) is 11.6. The zero-order valence-corrected chi connectivity index (χ0v) is 24.4. The lowest BCUT2D eigenvalue weighted by atomic mass is 10.1. The molecule has 0 radical (unpaired) electrons. The molecular weight excluding hydrogens is 575 g/mol. The van der Waals surface area contributed by atoms with Crippen molar-refractivity contribution in [3.63, 3.8) is 0 Å². The van der Waals surface area contributed by atoms with Crippen molar-refractivity contribution in [3.05, 3.63) is 95.0 Å². The molecule has 0 unspecified atom stereocenters. The first-order valence-corrected chi connectivity index (χ1v) is 14.9. The first-order valence-electron chi connectivity index (χ1n) is 13.6. The summed E-state index contributed by atoms with van der Waals surface area (Å²) < 4.78 is 20.5. The maximum Gasteiger partial charge on any atom is 0.338 e. The maximum atomic E-state index is 14.7. The molecule has 214 valence electrons. The molecular formula is C31H28ClFN6O2S. The van der Waals surface area contributed by atoms with Crippen LogP contribution in [0, 0.1) is 5.82 Å². The number of nitrogens with one attached hydrogen (secondary N) is 2. The van der Waals surface area contributed by atoms with E-state index < -0.39 is 5.82 Å². The lowest BCUT2D eigenvalue weighted by molar-refractivity contribution is 0.0139. The molecule has 1 aliphatic rings. The van der Waals surface area contributed by atoms with Crippen LogP contribution in [0.15, 0.2) is 78.1 Å². The number of fused-ring (bicyclic) bond motifs is 1. The van der Waals surface area contributed by atoms with Crippen LogP contribution in [0.3, 0.4) is 0 Å². The van der Waals surface area contributed by atoms with Crippen LogP contribution in [0.5, 0.6) is 0 Å². The first kappa shape index (κ1) is 28.1. The van der Waals surface area contributed by atoms with E-state index >= 15 is 0 Å². The second kappa shape index (κ2) is 12.5. The van der Waals surface area contributed by atoms with Crippen LogP contribution in [-0.4, -0.2) is 57.3 Å². The molecule has 5 aromatic rings. The van der Waals surface area contributed by atoms with Crippen molar-refractivity contribution in [2.75, 3.05) is 25.5 Å². The fourth-order valence-corrected chi connectivity index (χ4v) is 5.90. The van der Waals surface area contributed by atoms with Gasteiger partial charge in [0.1, 0.15) is 22.6 Å². The topological polar surface area (TPSA) is 96.0 Å². The van der Waals surface area contributed by atoms with Crippen molar-refractivity contribution in [1.82, 2.24) is 25.1 Å². The Morgan fingerprint density at radius 2 is 1.98 bits per heavy atom. The van der Waals surface area contributed by atoms with E-state index in [0.717, 1.165) is 48.2 Å². The predicted octanol–water partition coefficient (Wildman–Crippen LogP) is 7.10. The van der Waals surface area contributed by atoms with Crippen molar-refractivity contribution < 1.29 is 13.9 Å². The Morgan fingerprint density at radius 3 is 2.83 bits per heavy atom. The highest BCUT2D eigenvalue weighted by atomic mass is 35.5. The van der Waals surface area contributed by atoms with E-state index in [1.165, 1.54) is 30.0 Å². The zero-order chi connectivity index (χ0) is 29.1. The standard InChI is InChI=1S/C31H28ClFN6O2S/c1-39-13-9-22(10-14-39)41-31(40)20-4-2-3-19(15-20)18-42-30-28(36-26-8-12-35-29-23(26)7-11-34-29)17-27(37-38-30)24-16-21(32)5-6-25(24)33/h2-8,11-12,15-17,22H,9-10,13-14,18H2,1H3,(H2,34,35,36,37). The molecule has 4 heterocycles. The summed E-state index contributed by atoms with van der Waals surface area (Å²) >= 11 is 7.61. The van der Waals surface area contributed by atoms with Gasteiger partial charge in [-0.1, -0.05) is 35.5 Å². The first-order chi connectivity index (χ1) is 20.4. The molecule has 2 aromatic carbocycles. The number of anilines is 2. The summed E-state index contributed by atoms with van der Waals surface area (Å²) in [6.07, 6.45) is 5.15. The van der Waals surface area contributed by atoms with Gasteiger partial charge in [0.15, 0.2) is 0 Å². The monoisotopic (exact) mass is 602 g/mol. The Labute approximate surface area is 251 Å². The van der Waals surface area contributed by atoms with Crippen molar-refractivity contribution in [3.8, 4) is 11.3 Å². The largest absolute Gasteiger partial charge is 0.459 e. The van der Waals surface area contributed by atoms with E-state index in [2.05, 4.69) is 37.4 Å². The number of aromatic amines is 1. The number of hydrogen-bond donors (Lipinski definition) is 2. The molecule has 0 spiro atoms. The van der Waals surface area contributed by atoms with Gasteiger partial charge in [0.25, 0.3) is 0 Å². The van der Waals surface area contributed by atoms with E-state index in [4.69, 9.17) is 16.3 Å². The van der Waals surface area contributed by atoms with Gasteiger partial charge in [0, 0.05) is 47.2 Å². The number of pyridine rings is 1. The molecule has 8 nitrogen and oxygen atoms in total. The Balaban J connectivity index is 1.25. The van der Waals surface area contributed by atoms with E-state index in [0.29, 0.717) is 32.7 Å². The van der Waals surface area contributed by atoms with Gasteiger partial charge in [-0.25, -0.2) is 14.2 Å². The highest BCUT2D eigenvalue weighted by molar-refractivity contribution is 7.98. The number of piperidine rings is 1. The van der Waals surface area contributed by atoms with Gasteiger partial charge in [-0.05, 0) is 74.0 Å². The van der Waals surface area contributed by atoms with E-state index in [1.54, 1.807) is 18.3 Å². The Kier molecular flexibility index (Phi) is 8.36. The maximum absolute atomic E-state index is 14.7. The highest BCUT2D eigenvalue weighted by Crippen LogP contribution is 2.35. The molecule has 1 saturated heterocycles. The van der Waals surface area contributed by atoms with Crippen LogP contribution in [0.25, 0.3) is 22.3 Å². The normalized spacial score (nSPS) is 14.3. The molecule has 0 aliphatic carbocycles. The molecule has 2 N–H and O–H groups in total. The van der Waals surface area contributed by atoms with E-state index in [1.807, 2.05) is 36.5 Å². The summed E-state index contributed by atoms with van der Waals surface area (Å²) in [4.78, 5) is 22.6. The summed E-state index contributed by atoms with van der Waals surface area (Å²) in [5, 5.41) is 14.2. The van der Waals surface area contributed by atoms with Crippen LogP contribution in [0.2, 0.25) is 5.02 Å². The molecule has 0 atom stereocenters. The van der Waals surface area contributed by atoms with Crippen LogP contribution in [0.1, 0.15) is 28.8 Å². The fraction of sp³-hybridized carbons (Fsp3) is 0.226. The number of carbonyl (C=O) groups excluding carboxylic acids is 1. The van der Waals surface area contributed by atoms with Crippen LogP contribution in [-0.2, 0) is 10.5 Å². The number of ether oxygens (including phenoxy) is 1. The summed E-state index contributed by atoms with van der Waals surface area (Å²) in [6, 6.07) is 17.3. The Hall–Kier alpha value is -3.99. The number of halogens is 2. The number of H-pyrrole nitrogens is 1. The molecule has 0 bridgehead atoms. The SMILES string of the molecule is CN1CCC(OC(=O)c2cccc(CSc3nnc(-c4cc(Cl)ccc4F)cc3Nc3ccnc4[nH]ccc34)c2)CC1. The van der Waals surface area contributed by atoms with Gasteiger partial charge < -0.3 is 19.9 Å². The predicted molar refractivity (Wildman–Crippen MR) is 164 cm³/mol. The van der Waals surface area contributed by atoms with Crippen molar-refractivity contribution >= 4 is 51.7 Å². The molecule has 0 amide bonds. The molecule has 0 saturated carbocycles. The Bertz CT molecular complexity index is 1740. The summed E-state index contributed by atoms with van der Waals surface area (Å²) in [5.41, 5.74) is 4.26. The highest BCUT2D eigenvalue weighted by Gasteiger charge is 2.21.